The van der Waals surface area contributed by atoms with Gasteiger partial charge in [-0.3, -0.25) is 9.78 Å². The van der Waals surface area contributed by atoms with Gasteiger partial charge in [0.15, 0.2) is 0 Å². The van der Waals surface area contributed by atoms with Crippen LogP contribution in [0.25, 0.3) is 0 Å². The lowest BCUT2D eigenvalue weighted by Gasteiger charge is -2.03. The molecule has 19 heavy (non-hydrogen) atoms. The third-order valence-corrected chi connectivity index (χ3v) is 2.68. The van der Waals surface area contributed by atoms with E-state index in [1.807, 2.05) is 19.1 Å². The summed E-state index contributed by atoms with van der Waals surface area (Å²) in [7, 11) is 0. The molecule has 1 amide bonds. The van der Waals surface area contributed by atoms with Crippen molar-refractivity contribution in [3.8, 4) is 0 Å². The van der Waals surface area contributed by atoms with Crippen molar-refractivity contribution >= 4 is 5.91 Å². The summed E-state index contributed by atoms with van der Waals surface area (Å²) < 4.78 is 1.79. The summed E-state index contributed by atoms with van der Waals surface area (Å²) in [6, 6.07) is 3.85. The Morgan fingerprint density at radius 3 is 2.95 bits per heavy atom. The van der Waals surface area contributed by atoms with Crippen LogP contribution in [0.1, 0.15) is 21.7 Å². The highest BCUT2D eigenvalue weighted by Gasteiger charge is 2.08. The molecular weight excluding hydrogens is 242 g/mol. The molecule has 0 bridgehead atoms. The van der Waals surface area contributed by atoms with E-state index in [9.17, 15) is 4.79 Å². The van der Waals surface area contributed by atoms with Crippen molar-refractivity contribution in [1.82, 2.24) is 19.9 Å². The summed E-state index contributed by atoms with van der Waals surface area (Å²) >= 11 is 0. The van der Waals surface area contributed by atoms with Gasteiger partial charge in [-0.25, -0.2) is 4.98 Å². The highest BCUT2D eigenvalue weighted by Crippen LogP contribution is 2.00. The second-order valence-electron chi connectivity index (χ2n) is 4.28. The number of imidazole rings is 1. The van der Waals surface area contributed by atoms with E-state index in [4.69, 9.17) is 5.73 Å². The molecular formula is C13H17N5O. The van der Waals surface area contributed by atoms with Crippen LogP contribution in [0.5, 0.6) is 0 Å². The number of amides is 1. The second-order valence-corrected chi connectivity index (χ2v) is 4.28. The molecule has 0 saturated carbocycles. The van der Waals surface area contributed by atoms with E-state index in [0.29, 0.717) is 25.3 Å². The molecule has 0 aliphatic heterocycles. The largest absolute Gasteiger partial charge is 0.347 e. The summed E-state index contributed by atoms with van der Waals surface area (Å²) in [6.45, 7) is 3.54. The molecule has 0 fully saturated rings. The Balaban J connectivity index is 1.91. The smallest absolute Gasteiger partial charge is 0.271 e. The van der Waals surface area contributed by atoms with E-state index in [2.05, 4.69) is 15.3 Å². The normalized spacial score (nSPS) is 10.4. The number of aryl methyl sites for hydroxylation is 1. The molecule has 0 aliphatic rings. The summed E-state index contributed by atoms with van der Waals surface area (Å²) in [5.74, 6) is -0.198. The van der Waals surface area contributed by atoms with Crippen LogP contribution in [0.3, 0.4) is 0 Å². The van der Waals surface area contributed by atoms with E-state index >= 15 is 0 Å². The molecule has 6 nitrogen and oxygen atoms in total. The van der Waals surface area contributed by atoms with Crippen molar-refractivity contribution in [2.75, 3.05) is 6.54 Å². The SMILES string of the molecule is Cc1ccc(CNC(=O)c2cn(CCN)cn2)cn1. The first-order valence-corrected chi connectivity index (χ1v) is 6.10. The zero-order valence-electron chi connectivity index (χ0n) is 10.8. The van der Waals surface area contributed by atoms with Crippen molar-refractivity contribution < 1.29 is 4.79 Å². The molecule has 0 saturated heterocycles. The third-order valence-electron chi connectivity index (χ3n) is 2.68. The molecule has 0 atom stereocenters. The quantitative estimate of drug-likeness (QED) is 0.817. The first-order valence-electron chi connectivity index (χ1n) is 6.10. The minimum absolute atomic E-state index is 0.198. The Labute approximate surface area is 111 Å². The summed E-state index contributed by atoms with van der Waals surface area (Å²) in [6.07, 6.45) is 5.05. The molecule has 0 radical (unpaired) electrons. The minimum Gasteiger partial charge on any atom is -0.347 e. The maximum absolute atomic E-state index is 11.9. The van der Waals surface area contributed by atoms with Gasteiger partial charge < -0.3 is 15.6 Å². The Bertz CT molecular complexity index is 546. The predicted octanol–water partition coefficient (Wildman–Crippen LogP) is 0.475. The molecule has 0 aromatic carbocycles. The molecule has 6 heteroatoms. The number of hydrogen-bond donors (Lipinski definition) is 2. The number of nitrogens with one attached hydrogen (secondary N) is 1. The molecule has 0 aliphatic carbocycles. The lowest BCUT2D eigenvalue weighted by atomic mass is 10.2. The fourth-order valence-corrected chi connectivity index (χ4v) is 1.62. The number of pyridine rings is 1. The number of aromatic nitrogens is 3. The van der Waals surface area contributed by atoms with E-state index in [-0.39, 0.29) is 5.91 Å². The fourth-order valence-electron chi connectivity index (χ4n) is 1.62. The van der Waals surface area contributed by atoms with Crippen LogP contribution in [-0.4, -0.2) is 27.0 Å². The number of carbonyl (C=O) groups is 1. The van der Waals surface area contributed by atoms with E-state index < -0.39 is 0 Å². The average Bonchev–Trinajstić information content (AvgIpc) is 2.87. The van der Waals surface area contributed by atoms with Gasteiger partial charge in [-0.2, -0.15) is 0 Å². The van der Waals surface area contributed by atoms with Gasteiger partial charge in [0, 0.05) is 37.7 Å². The van der Waals surface area contributed by atoms with Crippen molar-refractivity contribution in [2.45, 2.75) is 20.0 Å². The van der Waals surface area contributed by atoms with E-state index in [1.54, 1.807) is 23.3 Å². The van der Waals surface area contributed by atoms with Crippen LogP contribution < -0.4 is 11.1 Å². The van der Waals surface area contributed by atoms with Crippen LogP contribution in [0.2, 0.25) is 0 Å². The number of nitrogens with two attached hydrogens (primary N) is 1. The van der Waals surface area contributed by atoms with Crippen LogP contribution in [0, 0.1) is 6.92 Å². The standard InChI is InChI=1S/C13H17N5O/c1-10-2-3-11(6-15-10)7-16-13(19)12-8-18(5-4-14)9-17-12/h2-3,6,8-9H,4-5,7,14H2,1H3,(H,16,19). The summed E-state index contributed by atoms with van der Waals surface area (Å²) in [5, 5.41) is 2.80. The molecule has 2 aromatic rings. The predicted molar refractivity (Wildman–Crippen MR) is 71.4 cm³/mol. The average molecular weight is 259 g/mol. The summed E-state index contributed by atoms with van der Waals surface area (Å²) in [5.41, 5.74) is 7.75. The Kier molecular flexibility index (Phi) is 4.25. The first-order chi connectivity index (χ1) is 9.19. The third kappa shape index (κ3) is 3.62. The lowest BCUT2D eigenvalue weighted by Crippen LogP contribution is -2.23. The zero-order valence-corrected chi connectivity index (χ0v) is 10.8. The molecule has 0 unspecified atom stereocenters. The molecule has 3 N–H and O–H groups in total. The Hall–Kier alpha value is -2.21. The van der Waals surface area contributed by atoms with E-state index in [1.165, 1.54) is 0 Å². The van der Waals surface area contributed by atoms with E-state index in [0.717, 1.165) is 11.3 Å². The minimum atomic E-state index is -0.198. The number of rotatable bonds is 5. The van der Waals surface area contributed by atoms with Gasteiger partial charge in [0.05, 0.1) is 6.33 Å². The van der Waals surface area contributed by atoms with Crippen molar-refractivity contribution in [3.63, 3.8) is 0 Å². The zero-order chi connectivity index (χ0) is 13.7. The Morgan fingerprint density at radius 2 is 2.26 bits per heavy atom. The topological polar surface area (TPSA) is 85.8 Å². The maximum Gasteiger partial charge on any atom is 0.271 e. The first kappa shape index (κ1) is 13.2. The molecule has 0 spiro atoms. The van der Waals surface area contributed by atoms with Gasteiger partial charge in [0.2, 0.25) is 0 Å². The molecule has 2 heterocycles. The molecule has 100 valence electrons. The van der Waals surface area contributed by atoms with Gasteiger partial charge in [-0.05, 0) is 18.6 Å². The van der Waals surface area contributed by atoms with Crippen molar-refractivity contribution in [3.05, 3.63) is 47.8 Å². The van der Waals surface area contributed by atoms with Gasteiger partial charge in [0.25, 0.3) is 5.91 Å². The van der Waals surface area contributed by atoms with Gasteiger partial charge >= 0.3 is 0 Å². The second kappa shape index (κ2) is 6.10. The highest BCUT2D eigenvalue weighted by atomic mass is 16.1. The number of hydrogen-bond acceptors (Lipinski definition) is 4. The Morgan fingerprint density at radius 1 is 1.42 bits per heavy atom. The van der Waals surface area contributed by atoms with Crippen LogP contribution in [0.4, 0.5) is 0 Å². The molecule has 2 aromatic heterocycles. The maximum atomic E-state index is 11.9. The molecule has 2 rings (SSSR count). The lowest BCUT2D eigenvalue weighted by molar-refractivity contribution is 0.0946. The monoisotopic (exact) mass is 259 g/mol. The fraction of sp³-hybridized carbons (Fsp3) is 0.308. The van der Waals surface area contributed by atoms with Crippen molar-refractivity contribution in [2.24, 2.45) is 5.73 Å². The number of nitrogens with zero attached hydrogens (tertiary/aromatic N) is 3. The highest BCUT2D eigenvalue weighted by molar-refractivity contribution is 5.91. The van der Waals surface area contributed by atoms with Crippen LogP contribution >= 0.6 is 0 Å². The van der Waals surface area contributed by atoms with Gasteiger partial charge in [-0.1, -0.05) is 6.07 Å². The number of carbonyl (C=O) groups excluding carboxylic acids is 1. The van der Waals surface area contributed by atoms with Crippen LogP contribution in [0.15, 0.2) is 30.9 Å². The van der Waals surface area contributed by atoms with Gasteiger partial charge in [-0.15, -0.1) is 0 Å². The van der Waals surface area contributed by atoms with Crippen molar-refractivity contribution in [1.29, 1.82) is 0 Å². The summed E-state index contributed by atoms with van der Waals surface area (Å²) in [4.78, 5) is 20.1. The van der Waals surface area contributed by atoms with Gasteiger partial charge in [0.1, 0.15) is 5.69 Å². The van der Waals surface area contributed by atoms with Crippen LogP contribution in [-0.2, 0) is 13.1 Å².